The largest absolute Gasteiger partial charge is 0.375 e. The Morgan fingerprint density at radius 3 is 2.50 bits per heavy atom. The number of fused-ring (bicyclic) bond motifs is 2. The lowest BCUT2D eigenvalue weighted by atomic mass is 9.94. The van der Waals surface area contributed by atoms with Crippen molar-refractivity contribution in [3.8, 4) is 0 Å². The molecule has 4 unspecified atom stereocenters. The van der Waals surface area contributed by atoms with E-state index in [1.54, 1.807) is 9.80 Å². The van der Waals surface area contributed by atoms with Gasteiger partial charge in [0.05, 0.1) is 6.04 Å². The van der Waals surface area contributed by atoms with Crippen molar-refractivity contribution in [3.63, 3.8) is 0 Å². The van der Waals surface area contributed by atoms with Crippen LogP contribution in [0.5, 0.6) is 0 Å². The quantitative estimate of drug-likeness (QED) is 0.515. The molecule has 0 spiro atoms. The topological polar surface area (TPSA) is 128 Å². The molecule has 4 aliphatic rings. The predicted molar refractivity (Wildman–Crippen MR) is 111 cm³/mol. The number of carbonyl (C=O) groups excluding carboxylic acids is 5. The highest BCUT2D eigenvalue weighted by Crippen LogP contribution is 2.31. The zero-order valence-electron chi connectivity index (χ0n) is 18.5. The lowest BCUT2D eigenvalue weighted by Gasteiger charge is -2.35. The lowest BCUT2D eigenvalue weighted by Crippen LogP contribution is -2.54. The average Bonchev–Trinajstić information content (AvgIpc) is 3.35. The first kappa shape index (κ1) is 22.5. The molecule has 0 aromatic carbocycles. The highest BCUT2D eigenvalue weighted by atomic mass is 16.5. The minimum Gasteiger partial charge on any atom is -0.375 e. The van der Waals surface area contributed by atoms with Crippen LogP contribution in [0.25, 0.3) is 0 Å². The van der Waals surface area contributed by atoms with Crippen molar-refractivity contribution in [2.45, 2.75) is 56.8 Å². The van der Waals surface area contributed by atoms with Crippen LogP contribution in [0.4, 0.5) is 0 Å². The van der Waals surface area contributed by atoms with Crippen molar-refractivity contribution in [3.05, 3.63) is 0 Å². The van der Waals surface area contributed by atoms with Gasteiger partial charge in [-0.15, -0.1) is 0 Å². The Morgan fingerprint density at radius 2 is 1.84 bits per heavy atom. The molecule has 0 radical (unpaired) electrons. The summed E-state index contributed by atoms with van der Waals surface area (Å²) in [7, 11) is 1.43. The molecule has 32 heavy (non-hydrogen) atoms. The first-order valence-electron chi connectivity index (χ1n) is 11.2. The van der Waals surface area contributed by atoms with Crippen molar-refractivity contribution < 1.29 is 28.7 Å². The molecule has 4 heterocycles. The molecule has 11 heteroatoms. The van der Waals surface area contributed by atoms with Gasteiger partial charge < -0.3 is 30.1 Å². The number of hydrogen-bond donors (Lipinski definition) is 2. The molecule has 0 saturated carbocycles. The van der Waals surface area contributed by atoms with Gasteiger partial charge in [0.2, 0.25) is 29.5 Å². The minimum atomic E-state index is -0.726. The Morgan fingerprint density at radius 1 is 1.12 bits per heavy atom. The third-order valence-electron chi connectivity index (χ3n) is 7.08. The summed E-state index contributed by atoms with van der Waals surface area (Å²) in [6.07, 6.45) is 2.03. The Bertz CT molecular complexity index is 811. The maximum Gasteiger partial charge on any atom is 0.248 e. The highest BCUT2D eigenvalue weighted by Gasteiger charge is 2.53. The van der Waals surface area contributed by atoms with Gasteiger partial charge in [-0.1, -0.05) is 0 Å². The van der Waals surface area contributed by atoms with Crippen LogP contribution in [0.1, 0.15) is 32.6 Å². The van der Waals surface area contributed by atoms with Crippen molar-refractivity contribution in [2.75, 3.05) is 39.9 Å². The summed E-state index contributed by atoms with van der Waals surface area (Å²) in [5, 5.41) is 5.77. The van der Waals surface area contributed by atoms with E-state index in [2.05, 4.69) is 10.6 Å². The van der Waals surface area contributed by atoms with Crippen LogP contribution in [-0.2, 0) is 28.7 Å². The monoisotopic (exact) mass is 449 g/mol. The number of carbonyl (C=O) groups is 5. The molecule has 0 aliphatic carbocycles. The minimum absolute atomic E-state index is 0.00557. The lowest BCUT2D eigenvalue weighted by molar-refractivity contribution is -0.148. The van der Waals surface area contributed by atoms with Gasteiger partial charge in [-0.05, 0) is 25.7 Å². The van der Waals surface area contributed by atoms with Crippen molar-refractivity contribution >= 4 is 29.5 Å². The summed E-state index contributed by atoms with van der Waals surface area (Å²) in [6, 6.07) is -2.12. The number of methoxy groups -OCH3 is 1. The first-order valence-corrected chi connectivity index (χ1v) is 11.2. The molecule has 4 saturated heterocycles. The number of nitrogens with one attached hydrogen (secondary N) is 2. The molecule has 4 fully saturated rings. The number of rotatable bonds is 4. The third kappa shape index (κ3) is 4.17. The van der Waals surface area contributed by atoms with E-state index in [4.69, 9.17) is 4.74 Å². The van der Waals surface area contributed by atoms with E-state index in [0.29, 0.717) is 45.3 Å². The van der Waals surface area contributed by atoms with Gasteiger partial charge in [-0.3, -0.25) is 24.0 Å². The molecule has 4 rings (SSSR count). The number of nitrogens with zero attached hydrogens (tertiary/aromatic N) is 3. The number of piperidine rings is 1. The van der Waals surface area contributed by atoms with E-state index in [1.165, 1.54) is 18.9 Å². The number of likely N-dealkylation sites (tertiary alicyclic amines) is 2. The van der Waals surface area contributed by atoms with Crippen LogP contribution in [0.3, 0.4) is 0 Å². The molecular formula is C21H31N5O6. The van der Waals surface area contributed by atoms with E-state index < -0.39 is 18.1 Å². The van der Waals surface area contributed by atoms with Gasteiger partial charge in [0, 0.05) is 52.2 Å². The van der Waals surface area contributed by atoms with Crippen LogP contribution in [0.2, 0.25) is 0 Å². The van der Waals surface area contributed by atoms with Crippen LogP contribution >= 0.6 is 0 Å². The summed E-state index contributed by atoms with van der Waals surface area (Å²) in [4.78, 5) is 68.0. The van der Waals surface area contributed by atoms with E-state index in [0.717, 1.165) is 0 Å². The zero-order valence-corrected chi connectivity index (χ0v) is 18.5. The van der Waals surface area contributed by atoms with Crippen molar-refractivity contribution in [1.29, 1.82) is 0 Å². The van der Waals surface area contributed by atoms with Gasteiger partial charge in [-0.25, -0.2) is 0 Å². The Labute approximate surface area is 186 Å². The number of ether oxygens (including phenoxy) is 1. The normalized spacial score (nSPS) is 30.5. The summed E-state index contributed by atoms with van der Waals surface area (Å²) in [5.74, 6) is -1.08. The van der Waals surface area contributed by atoms with E-state index in [9.17, 15) is 24.0 Å². The summed E-state index contributed by atoms with van der Waals surface area (Å²) in [6.45, 7) is 3.16. The fourth-order valence-corrected chi connectivity index (χ4v) is 5.45. The molecule has 176 valence electrons. The number of amides is 5. The molecule has 0 aromatic rings. The van der Waals surface area contributed by atoms with Gasteiger partial charge >= 0.3 is 0 Å². The highest BCUT2D eigenvalue weighted by molar-refractivity contribution is 5.97. The summed E-state index contributed by atoms with van der Waals surface area (Å²) < 4.78 is 4.83. The predicted octanol–water partition coefficient (Wildman–Crippen LogP) is -1.92. The van der Waals surface area contributed by atoms with Gasteiger partial charge in [0.1, 0.15) is 18.7 Å². The molecule has 2 N–H and O–H groups in total. The van der Waals surface area contributed by atoms with E-state index in [1.807, 2.05) is 0 Å². The smallest absolute Gasteiger partial charge is 0.248 e. The van der Waals surface area contributed by atoms with Crippen LogP contribution < -0.4 is 10.6 Å². The molecule has 4 atom stereocenters. The van der Waals surface area contributed by atoms with Gasteiger partial charge in [0.25, 0.3) is 0 Å². The Hall–Kier alpha value is -2.69. The fourth-order valence-electron chi connectivity index (χ4n) is 5.45. The molecule has 0 bridgehead atoms. The van der Waals surface area contributed by atoms with E-state index >= 15 is 0 Å². The van der Waals surface area contributed by atoms with Gasteiger partial charge in [0.15, 0.2) is 0 Å². The van der Waals surface area contributed by atoms with Crippen LogP contribution in [0, 0.1) is 5.92 Å². The average molecular weight is 450 g/mol. The summed E-state index contributed by atoms with van der Waals surface area (Å²) >= 11 is 0. The Kier molecular flexibility index (Phi) is 6.36. The Balaban J connectivity index is 1.45. The second-order valence-corrected chi connectivity index (χ2v) is 9.10. The molecular weight excluding hydrogens is 418 g/mol. The molecule has 0 aromatic heterocycles. The second kappa shape index (κ2) is 9.05. The summed E-state index contributed by atoms with van der Waals surface area (Å²) in [5.41, 5.74) is 0. The van der Waals surface area contributed by atoms with Gasteiger partial charge in [-0.2, -0.15) is 0 Å². The molecule has 11 nitrogen and oxygen atoms in total. The fraction of sp³-hybridized carbons (Fsp3) is 0.762. The van der Waals surface area contributed by atoms with E-state index in [-0.39, 0.29) is 54.6 Å². The van der Waals surface area contributed by atoms with Crippen LogP contribution in [-0.4, -0.2) is 108 Å². The first-order chi connectivity index (χ1) is 15.3. The SMILES string of the molecule is COCC(=O)NC1CC2C(=O)NC3CCN(C(=O)C4CCN(C(C)=O)CC4)C3C(=O)N2C1. The maximum atomic E-state index is 13.5. The molecule has 5 amide bonds. The van der Waals surface area contributed by atoms with Crippen molar-refractivity contribution in [1.82, 2.24) is 25.3 Å². The molecule has 4 aliphatic heterocycles. The second-order valence-electron chi connectivity index (χ2n) is 9.10. The standard InChI is InChI=1S/C21H31N5O6/c1-12(27)24-6-3-13(4-7-24)20(30)25-8-5-15-18(25)21(31)26-10-14(22-17(28)11-32-2)9-16(26)19(29)23-15/h13-16,18H,3-11H2,1-2H3,(H,22,28)(H,23,29). The maximum absolute atomic E-state index is 13.5. The number of hydrogen-bond acceptors (Lipinski definition) is 6. The van der Waals surface area contributed by atoms with Crippen LogP contribution in [0.15, 0.2) is 0 Å². The third-order valence-corrected chi connectivity index (χ3v) is 7.08. The van der Waals surface area contributed by atoms with Crippen molar-refractivity contribution in [2.24, 2.45) is 5.92 Å². The zero-order chi connectivity index (χ0) is 23.0.